The van der Waals surface area contributed by atoms with Crippen LogP contribution in [-0.4, -0.2) is 30.3 Å². The zero-order valence-electron chi connectivity index (χ0n) is 12.7. The lowest BCUT2D eigenvalue weighted by molar-refractivity contribution is -0.145. The van der Waals surface area contributed by atoms with Crippen LogP contribution in [0.25, 0.3) is 0 Å². The number of hydrogen-bond donors (Lipinski definition) is 1. The van der Waals surface area contributed by atoms with E-state index in [1.54, 1.807) is 18.2 Å². The van der Waals surface area contributed by atoms with E-state index in [2.05, 4.69) is 11.9 Å². The molecule has 1 aromatic carbocycles. The molecule has 0 bridgehead atoms. The molecule has 2 rings (SSSR count). The Hall–Kier alpha value is -2.63. The third-order valence-corrected chi connectivity index (χ3v) is 3.39. The first-order valence-corrected chi connectivity index (χ1v) is 7.39. The third kappa shape index (κ3) is 5.25. The third-order valence-electron chi connectivity index (χ3n) is 3.39. The molecule has 1 heterocycles. The minimum Gasteiger partial charge on any atom is -0.490 e. The number of rotatable bonds is 8. The molecule has 1 N–H and O–H groups in total. The van der Waals surface area contributed by atoms with Gasteiger partial charge < -0.3 is 14.8 Å². The van der Waals surface area contributed by atoms with Crippen molar-refractivity contribution in [3.8, 4) is 5.75 Å². The van der Waals surface area contributed by atoms with Gasteiger partial charge in [0.1, 0.15) is 19.0 Å². The summed E-state index contributed by atoms with van der Waals surface area (Å²) < 4.78 is 10.5. The Kier molecular flexibility index (Phi) is 5.91. The molecule has 6 heteroatoms. The van der Waals surface area contributed by atoms with Crippen molar-refractivity contribution in [1.82, 2.24) is 5.32 Å². The van der Waals surface area contributed by atoms with Gasteiger partial charge in [0.25, 0.3) is 0 Å². The molecule has 23 heavy (non-hydrogen) atoms. The summed E-state index contributed by atoms with van der Waals surface area (Å²) in [5, 5.41) is 2.54. The summed E-state index contributed by atoms with van der Waals surface area (Å²) in [5.74, 6) is -0.133. The van der Waals surface area contributed by atoms with Crippen molar-refractivity contribution in [2.45, 2.75) is 31.9 Å². The zero-order chi connectivity index (χ0) is 16.7. The maximum absolute atomic E-state index is 11.7. The van der Waals surface area contributed by atoms with Crippen LogP contribution in [0.1, 0.15) is 24.8 Å². The van der Waals surface area contributed by atoms with Gasteiger partial charge in [0, 0.05) is 6.42 Å². The molecule has 1 saturated heterocycles. The Balaban J connectivity index is 1.70. The first-order valence-electron chi connectivity index (χ1n) is 7.39. The zero-order valence-corrected chi connectivity index (χ0v) is 12.7. The van der Waals surface area contributed by atoms with Crippen LogP contribution in [-0.2, 0) is 25.7 Å². The van der Waals surface area contributed by atoms with Crippen molar-refractivity contribution >= 4 is 17.7 Å². The maximum Gasteiger partial charge on any atom is 0.306 e. The highest BCUT2D eigenvalue weighted by Crippen LogP contribution is 2.14. The second kappa shape index (κ2) is 8.12. The summed E-state index contributed by atoms with van der Waals surface area (Å²) in [7, 11) is 0. The van der Waals surface area contributed by atoms with Gasteiger partial charge in [0.2, 0.25) is 5.91 Å². The molecule has 6 nitrogen and oxygen atoms in total. The molecule has 1 amide bonds. The largest absolute Gasteiger partial charge is 0.490 e. The lowest BCUT2D eigenvalue weighted by Gasteiger charge is -2.09. The van der Waals surface area contributed by atoms with Gasteiger partial charge in [0.05, 0.1) is 12.5 Å². The number of hydrogen-bond acceptors (Lipinski definition) is 5. The molecule has 0 unspecified atom stereocenters. The molecule has 122 valence electrons. The number of nitrogens with one attached hydrogen (secondary N) is 1. The van der Waals surface area contributed by atoms with E-state index in [-0.39, 0.29) is 37.6 Å². The van der Waals surface area contributed by atoms with Gasteiger partial charge in [-0.3, -0.25) is 14.4 Å². The molecule has 0 aliphatic carbocycles. The van der Waals surface area contributed by atoms with Crippen molar-refractivity contribution < 1.29 is 23.9 Å². The summed E-state index contributed by atoms with van der Waals surface area (Å²) in [6.45, 7) is 4.16. The maximum atomic E-state index is 11.7. The molecular weight excluding hydrogens is 298 g/mol. The SMILES string of the molecule is C=CCOc1ccc(COC(=O)CC[C@@H]2NC(=O)CC2=O)cc1. The number of benzene rings is 1. The molecule has 1 fully saturated rings. The van der Waals surface area contributed by atoms with E-state index < -0.39 is 12.0 Å². The molecule has 1 atom stereocenters. The fourth-order valence-corrected chi connectivity index (χ4v) is 2.18. The van der Waals surface area contributed by atoms with Crippen molar-refractivity contribution in [2.75, 3.05) is 6.61 Å². The number of Topliss-reactive ketones (excluding diaryl/α,β-unsaturated/α-hetero) is 1. The van der Waals surface area contributed by atoms with Crippen LogP contribution in [0.5, 0.6) is 5.75 Å². The van der Waals surface area contributed by atoms with E-state index in [0.29, 0.717) is 6.61 Å². The van der Waals surface area contributed by atoms with Gasteiger partial charge in [-0.1, -0.05) is 24.8 Å². The number of carbonyl (C=O) groups is 3. The van der Waals surface area contributed by atoms with Gasteiger partial charge in [-0.15, -0.1) is 0 Å². The van der Waals surface area contributed by atoms with Crippen molar-refractivity contribution in [2.24, 2.45) is 0 Å². The van der Waals surface area contributed by atoms with E-state index in [1.165, 1.54) is 0 Å². The van der Waals surface area contributed by atoms with Gasteiger partial charge in [-0.25, -0.2) is 0 Å². The first kappa shape index (κ1) is 16.7. The van der Waals surface area contributed by atoms with Crippen LogP contribution in [0.3, 0.4) is 0 Å². The molecule has 0 radical (unpaired) electrons. The fraction of sp³-hybridized carbons (Fsp3) is 0.353. The molecule has 0 aromatic heterocycles. The van der Waals surface area contributed by atoms with Crippen molar-refractivity contribution in [3.63, 3.8) is 0 Å². The normalized spacial score (nSPS) is 16.8. The van der Waals surface area contributed by atoms with E-state index in [0.717, 1.165) is 11.3 Å². The average molecular weight is 317 g/mol. The van der Waals surface area contributed by atoms with Crippen LogP contribution in [0, 0.1) is 0 Å². The van der Waals surface area contributed by atoms with Gasteiger partial charge in [0.15, 0.2) is 5.78 Å². The van der Waals surface area contributed by atoms with Crippen molar-refractivity contribution in [3.05, 3.63) is 42.5 Å². The first-order chi connectivity index (χ1) is 11.1. The Bertz CT molecular complexity index is 594. The van der Waals surface area contributed by atoms with Crippen LogP contribution in [0.2, 0.25) is 0 Å². The highest BCUT2D eigenvalue weighted by Gasteiger charge is 2.30. The Labute approximate surface area is 134 Å². The molecule has 0 spiro atoms. The standard InChI is InChI=1S/C17H19NO5/c1-2-9-22-13-5-3-12(4-6-13)11-23-17(21)8-7-14-15(19)10-16(20)18-14/h2-6,14H,1,7-11H2,(H,18,20)/t14-/m0/s1. The highest BCUT2D eigenvalue weighted by atomic mass is 16.5. The van der Waals surface area contributed by atoms with Gasteiger partial charge in [-0.05, 0) is 24.1 Å². The minimum absolute atomic E-state index is 0.0945. The number of carbonyl (C=O) groups excluding carboxylic acids is 3. The fourth-order valence-electron chi connectivity index (χ4n) is 2.18. The molecule has 0 saturated carbocycles. The predicted molar refractivity (Wildman–Crippen MR) is 82.7 cm³/mol. The molecule has 1 aliphatic heterocycles. The minimum atomic E-state index is -0.559. The highest BCUT2D eigenvalue weighted by molar-refractivity contribution is 6.07. The van der Waals surface area contributed by atoms with E-state index in [1.807, 2.05) is 12.1 Å². The number of ketones is 1. The Morgan fingerprint density at radius 3 is 2.65 bits per heavy atom. The number of amides is 1. The van der Waals surface area contributed by atoms with Crippen LogP contribution >= 0.6 is 0 Å². The second-order valence-electron chi connectivity index (χ2n) is 5.21. The molecule has 1 aromatic rings. The van der Waals surface area contributed by atoms with Crippen LogP contribution in [0.4, 0.5) is 0 Å². The predicted octanol–water partition coefficient (Wildman–Crippen LogP) is 1.53. The lowest BCUT2D eigenvalue weighted by atomic mass is 10.1. The monoisotopic (exact) mass is 317 g/mol. The lowest BCUT2D eigenvalue weighted by Crippen LogP contribution is -2.29. The summed E-state index contributed by atoms with van der Waals surface area (Å²) in [4.78, 5) is 34.2. The van der Waals surface area contributed by atoms with Crippen LogP contribution in [0.15, 0.2) is 36.9 Å². The second-order valence-corrected chi connectivity index (χ2v) is 5.21. The topological polar surface area (TPSA) is 81.7 Å². The van der Waals surface area contributed by atoms with Crippen LogP contribution < -0.4 is 10.1 Å². The Morgan fingerprint density at radius 2 is 2.04 bits per heavy atom. The van der Waals surface area contributed by atoms with E-state index >= 15 is 0 Å². The number of ether oxygens (including phenoxy) is 2. The average Bonchev–Trinajstić information content (AvgIpc) is 2.87. The number of esters is 1. The Morgan fingerprint density at radius 1 is 1.30 bits per heavy atom. The summed E-state index contributed by atoms with van der Waals surface area (Å²) in [5.41, 5.74) is 0.842. The summed E-state index contributed by atoms with van der Waals surface area (Å²) in [6.07, 6.45) is 1.93. The quantitative estimate of drug-likeness (QED) is 0.447. The van der Waals surface area contributed by atoms with E-state index in [9.17, 15) is 14.4 Å². The molecule has 1 aliphatic rings. The van der Waals surface area contributed by atoms with Gasteiger partial charge >= 0.3 is 5.97 Å². The van der Waals surface area contributed by atoms with E-state index in [4.69, 9.17) is 9.47 Å². The van der Waals surface area contributed by atoms with Gasteiger partial charge in [-0.2, -0.15) is 0 Å². The summed E-state index contributed by atoms with van der Waals surface area (Å²) in [6, 6.07) is 6.65. The van der Waals surface area contributed by atoms with Crippen molar-refractivity contribution in [1.29, 1.82) is 0 Å². The molecular formula is C17H19NO5. The summed E-state index contributed by atoms with van der Waals surface area (Å²) >= 11 is 0. The smallest absolute Gasteiger partial charge is 0.306 e.